The van der Waals surface area contributed by atoms with E-state index in [1.54, 1.807) is 21.3 Å². The van der Waals surface area contributed by atoms with Gasteiger partial charge in [-0.1, -0.05) is 18.2 Å². The van der Waals surface area contributed by atoms with Gasteiger partial charge in [-0.25, -0.2) is 0 Å². The molecule has 2 amide bonds. The Morgan fingerprint density at radius 2 is 1.07 bits per heavy atom. The van der Waals surface area contributed by atoms with Crippen LogP contribution in [-0.4, -0.2) is 82.2 Å². The predicted molar refractivity (Wildman–Crippen MR) is 168 cm³/mol. The van der Waals surface area contributed by atoms with Crippen molar-refractivity contribution in [1.82, 2.24) is 9.80 Å². The van der Waals surface area contributed by atoms with Crippen molar-refractivity contribution in [1.29, 1.82) is 0 Å². The average Bonchev–Trinajstić information content (AvgIpc) is 3.01. The zero-order valence-electron chi connectivity index (χ0n) is 26.2. The lowest BCUT2D eigenvalue weighted by molar-refractivity contribution is -0.131. The number of nitrogens with two attached hydrogens (primary N) is 2. The van der Waals surface area contributed by atoms with Crippen LogP contribution in [0.3, 0.4) is 0 Å². The minimum Gasteiger partial charge on any atom is -0.496 e. The second-order valence-corrected chi connectivity index (χ2v) is 10.6. The largest absolute Gasteiger partial charge is 0.496 e. The quantitative estimate of drug-likeness (QED) is 0.212. The third kappa shape index (κ3) is 11.9. The van der Waals surface area contributed by atoms with Crippen LogP contribution in [0.5, 0.6) is 17.2 Å². The van der Waals surface area contributed by atoms with Crippen molar-refractivity contribution in [2.75, 3.05) is 60.6 Å². The lowest BCUT2D eigenvalue weighted by Gasteiger charge is -2.24. The van der Waals surface area contributed by atoms with Crippen molar-refractivity contribution >= 4 is 11.8 Å². The maximum Gasteiger partial charge on any atom is 0.222 e. The Hall–Kier alpha value is -3.30. The smallest absolute Gasteiger partial charge is 0.222 e. The SMILES string of the molecule is COc1cc(CCC(=O)N(CCCN)CCCCCN(CCCN)C(=O)CCc2ccc(OC)c(OC)c2)ccc1C. The number of hydrogen-bond acceptors (Lipinski definition) is 7. The van der Waals surface area contributed by atoms with Gasteiger partial charge in [0, 0.05) is 39.0 Å². The highest BCUT2D eigenvalue weighted by molar-refractivity contribution is 5.77. The van der Waals surface area contributed by atoms with E-state index in [-0.39, 0.29) is 11.8 Å². The van der Waals surface area contributed by atoms with Gasteiger partial charge in [-0.15, -0.1) is 0 Å². The number of amides is 2. The van der Waals surface area contributed by atoms with E-state index >= 15 is 0 Å². The molecule has 0 aliphatic carbocycles. The average molecular weight is 585 g/mol. The molecular weight excluding hydrogens is 532 g/mol. The van der Waals surface area contributed by atoms with Gasteiger partial charge >= 0.3 is 0 Å². The Balaban J connectivity index is 1.83. The number of carbonyl (C=O) groups is 2. The monoisotopic (exact) mass is 584 g/mol. The molecule has 0 fully saturated rings. The Morgan fingerprint density at radius 1 is 0.619 bits per heavy atom. The molecule has 2 aromatic rings. The molecule has 0 radical (unpaired) electrons. The number of methoxy groups -OCH3 is 3. The van der Waals surface area contributed by atoms with Crippen LogP contribution >= 0.6 is 0 Å². The molecule has 0 atom stereocenters. The molecule has 2 rings (SSSR count). The highest BCUT2D eigenvalue weighted by atomic mass is 16.5. The van der Waals surface area contributed by atoms with Crippen LogP contribution in [0.25, 0.3) is 0 Å². The van der Waals surface area contributed by atoms with Crippen molar-refractivity contribution in [2.24, 2.45) is 11.5 Å². The van der Waals surface area contributed by atoms with Gasteiger partial charge in [-0.2, -0.15) is 0 Å². The molecule has 0 spiro atoms. The number of ether oxygens (including phenoxy) is 3. The second kappa shape index (κ2) is 19.8. The van der Waals surface area contributed by atoms with Gasteiger partial charge in [0.15, 0.2) is 11.5 Å². The fourth-order valence-electron chi connectivity index (χ4n) is 4.94. The fraction of sp³-hybridized carbons (Fsp3) is 0.576. The number of aryl methyl sites for hydroxylation is 3. The molecule has 9 nitrogen and oxygen atoms in total. The van der Waals surface area contributed by atoms with Crippen molar-refractivity contribution in [2.45, 2.75) is 64.7 Å². The number of rotatable bonds is 21. The summed E-state index contributed by atoms with van der Waals surface area (Å²) in [5, 5.41) is 0. The maximum absolute atomic E-state index is 13.1. The number of hydrogen-bond donors (Lipinski definition) is 2. The predicted octanol–water partition coefficient (Wildman–Crippen LogP) is 4.11. The van der Waals surface area contributed by atoms with E-state index in [4.69, 9.17) is 25.7 Å². The van der Waals surface area contributed by atoms with Crippen molar-refractivity contribution in [3.05, 3.63) is 53.1 Å². The molecule has 0 bridgehead atoms. The van der Waals surface area contributed by atoms with E-state index < -0.39 is 0 Å². The summed E-state index contributed by atoms with van der Waals surface area (Å²) in [4.78, 5) is 30.0. The van der Waals surface area contributed by atoms with Gasteiger partial charge in [0.05, 0.1) is 21.3 Å². The summed E-state index contributed by atoms with van der Waals surface area (Å²) in [6.45, 7) is 5.84. The Morgan fingerprint density at radius 3 is 1.55 bits per heavy atom. The van der Waals surface area contributed by atoms with Gasteiger partial charge in [0.1, 0.15) is 5.75 Å². The van der Waals surface area contributed by atoms with Crippen molar-refractivity contribution < 1.29 is 23.8 Å². The summed E-state index contributed by atoms with van der Waals surface area (Å²) >= 11 is 0. The van der Waals surface area contributed by atoms with Gasteiger partial charge in [-0.3, -0.25) is 9.59 Å². The highest BCUT2D eigenvalue weighted by Crippen LogP contribution is 2.28. The minimum atomic E-state index is 0.130. The Bertz CT molecular complexity index is 1090. The lowest BCUT2D eigenvalue weighted by Crippen LogP contribution is -2.35. The second-order valence-electron chi connectivity index (χ2n) is 10.6. The molecule has 0 aliphatic rings. The Kier molecular flexibility index (Phi) is 16.4. The zero-order chi connectivity index (χ0) is 30.7. The standard InChI is InChI=1S/C33H52N4O5/c1-26-10-11-27(24-30(26)41-3)13-16-32(38)36(22-8-18-34)20-6-5-7-21-37(23-9-19-35)33(39)17-14-28-12-15-29(40-2)31(25-28)42-4/h10-12,15,24-25H,5-9,13-14,16-23,34-35H2,1-4H3. The van der Waals surface area contributed by atoms with Crippen LogP contribution < -0.4 is 25.7 Å². The van der Waals surface area contributed by atoms with Crippen LogP contribution in [0, 0.1) is 6.92 Å². The molecule has 0 aliphatic heterocycles. The zero-order valence-corrected chi connectivity index (χ0v) is 26.2. The summed E-state index contributed by atoms with van der Waals surface area (Å²) in [5.74, 6) is 2.47. The summed E-state index contributed by atoms with van der Waals surface area (Å²) in [6.07, 6.45) is 6.45. The summed E-state index contributed by atoms with van der Waals surface area (Å²) in [6, 6.07) is 11.9. The molecule has 0 unspecified atom stereocenters. The molecule has 4 N–H and O–H groups in total. The van der Waals surface area contributed by atoms with E-state index in [2.05, 4.69) is 6.07 Å². The van der Waals surface area contributed by atoms with Crippen LogP contribution in [0.1, 0.15) is 61.6 Å². The van der Waals surface area contributed by atoms with Crippen molar-refractivity contribution in [3.63, 3.8) is 0 Å². The third-order valence-corrected chi connectivity index (χ3v) is 7.50. The van der Waals surface area contributed by atoms with Crippen LogP contribution in [0.15, 0.2) is 36.4 Å². The molecule has 9 heteroatoms. The first-order chi connectivity index (χ1) is 20.4. The van der Waals surface area contributed by atoms with Gasteiger partial charge in [-0.05, 0) is 99.8 Å². The fourth-order valence-corrected chi connectivity index (χ4v) is 4.94. The molecule has 0 heterocycles. The van der Waals surface area contributed by atoms with Gasteiger partial charge < -0.3 is 35.5 Å². The van der Waals surface area contributed by atoms with Crippen molar-refractivity contribution in [3.8, 4) is 17.2 Å². The molecule has 2 aromatic carbocycles. The molecule has 0 aromatic heterocycles. The number of carbonyl (C=O) groups excluding carboxylic acids is 2. The van der Waals surface area contributed by atoms with Gasteiger partial charge in [0.25, 0.3) is 0 Å². The van der Waals surface area contributed by atoms with Crippen LogP contribution in [-0.2, 0) is 22.4 Å². The summed E-state index contributed by atoms with van der Waals surface area (Å²) in [5.41, 5.74) is 14.7. The van der Waals surface area contributed by atoms with E-state index in [9.17, 15) is 9.59 Å². The molecule has 234 valence electrons. The summed E-state index contributed by atoms with van der Waals surface area (Å²) < 4.78 is 16.1. The third-order valence-electron chi connectivity index (χ3n) is 7.50. The minimum absolute atomic E-state index is 0.130. The van der Waals surface area contributed by atoms with E-state index in [0.29, 0.717) is 76.5 Å². The highest BCUT2D eigenvalue weighted by Gasteiger charge is 2.16. The molecule has 42 heavy (non-hydrogen) atoms. The Labute approximate surface area is 252 Å². The number of benzene rings is 2. The van der Waals surface area contributed by atoms with Gasteiger partial charge in [0.2, 0.25) is 11.8 Å². The molecule has 0 saturated heterocycles. The van der Waals surface area contributed by atoms with E-state index in [1.165, 1.54) is 0 Å². The first-order valence-electron chi connectivity index (χ1n) is 15.2. The van der Waals surface area contributed by atoms with Crippen LogP contribution in [0.4, 0.5) is 0 Å². The number of nitrogens with zero attached hydrogens (tertiary/aromatic N) is 2. The van der Waals surface area contributed by atoms with E-state index in [0.717, 1.165) is 54.5 Å². The topological polar surface area (TPSA) is 120 Å². The maximum atomic E-state index is 13.1. The molecular formula is C33H52N4O5. The lowest BCUT2D eigenvalue weighted by atomic mass is 10.1. The first-order valence-corrected chi connectivity index (χ1v) is 15.2. The molecule has 0 saturated carbocycles. The van der Waals surface area contributed by atoms with Crippen LogP contribution in [0.2, 0.25) is 0 Å². The summed E-state index contributed by atoms with van der Waals surface area (Å²) in [7, 11) is 4.88. The van der Waals surface area contributed by atoms with E-state index in [1.807, 2.05) is 47.1 Å². The first kappa shape index (κ1) is 34.9. The normalized spacial score (nSPS) is 10.8. The number of unbranched alkanes of at least 4 members (excludes halogenated alkanes) is 2.